The largest absolute Gasteiger partial charge is 0.485 e. The molecular weight excluding hydrogens is 292 g/mol. The van der Waals surface area contributed by atoms with Crippen molar-refractivity contribution in [2.24, 2.45) is 0 Å². The third-order valence-corrected chi connectivity index (χ3v) is 4.82. The lowest BCUT2D eigenvalue weighted by atomic mass is 10.3. The van der Waals surface area contributed by atoms with Crippen molar-refractivity contribution in [2.45, 2.75) is 0 Å². The first-order valence-corrected chi connectivity index (χ1v) is 7.91. The van der Waals surface area contributed by atoms with Gasteiger partial charge in [-0.05, 0) is 12.1 Å². The van der Waals surface area contributed by atoms with Crippen LogP contribution in [0, 0.1) is 0 Å². The van der Waals surface area contributed by atoms with Gasteiger partial charge in [-0.2, -0.15) is 0 Å². The van der Waals surface area contributed by atoms with E-state index in [-0.39, 0.29) is 0 Å². The zero-order valence-electron chi connectivity index (χ0n) is 10.4. The van der Waals surface area contributed by atoms with Gasteiger partial charge in [0.1, 0.15) is 18.2 Å². The second kappa shape index (κ2) is 4.88. The highest BCUT2D eigenvalue weighted by molar-refractivity contribution is 7.16. The number of hydrogen-bond acceptors (Lipinski definition) is 6. The Kier molecular flexibility index (Phi) is 2.90. The van der Waals surface area contributed by atoms with E-state index < -0.39 is 0 Å². The van der Waals surface area contributed by atoms with Gasteiger partial charge in [0.15, 0.2) is 11.5 Å². The van der Waals surface area contributed by atoms with Crippen LogP contribution in [0.4, 0.5) is 0 Å². The molecule has 3 aromatic rings. The van der Waals surface area contributed by atoms with Gasteiger partial charge in [-0.25, -0.2) is 4.98 Å². The third-order valence-electron chi connectivity index (χ3n) is 2.97. The number of rotatable bonds is 2. The van der Waals surface area contributed by atoms with Crippen LogP contribution in [0.15, 0.2) is 35.3 Å². The van der Waals surface area contributed by atoms with E-state index in [1.54, 1.807) is 35.1 Å². The summed E-state index contributed by atoms with van der Waals surface area (Å²) >= 11 is 3.23. The predicted octanol–water partition coefficient (Wildman–Crippen LogP) is 3.70. The van der Waals surface area contributed by atoms with Crippen LogP contribution in [0.3, 0.4) is 0 Å². The molecule has 1 aliphatic rings. The Morgan fingerprint density at radius 3 is 2.75 bits per heavy atom. The average Bonchev–Trinajstić information content (AvgIpc) is 3.14. The van der Waals surface area contributed by atoms with Crippen molar-refractivity contribution < 1.29 is 9.47 Å². The van der Waals surface area contributed by atoms with Crippen molar-refractivity contribution in [1.29, 1.82) is 0 Å². The summed E-state index contributed by atoms with van der Waals surface area (Å²) in [6.07, 6.45) is 3.56. The van der Waals surface area contributed by atoms with Gasteiger partial charge in [0.2, 0.25) is 0 Å². The molecule has 0 aliphatic carbocycles. The van der Waals surface area contributed by atoms with Crippen molar-refractivity contribution in [3.05, 3.63) is 35.3 Å². The summed E-state index contributed by atoms with van der Waals surface area (Å²) in [4.78, 5) is 9.76. The molecule has 0 atom stereocenters. The highest BCUT2D eigenvalue weighted by atomic mass is 32.1. The zero-order chi connectivity index (χ0) is 13.4. The first-order chi connectivity index (χ1) is 9.92. The summed E-state index contributed by atoms with van der Waals surface area (Å²) in [6, 6.07) is 3.93. The fourth-order valence-corrected chi connectivity index (χ4v) is 3.83. The maximum Gasteiger partial charge on any atom is 0.181 e. The smallest absolute Gasteiger partial charge is 0.181 e. The molecule has 0 N–H and O–H groups in total. The Balaban J connectivity index is 1.74. The quantitative estimate of drug-likeness (QED) is 0.724. The molecule has 0 fully saturated rings. The molecule has 0 amide bonds. The standard InChI is InChI=1S/C14H10N2O2S2/c1-3-15-4-2-9(1)14-16-10(7-20-14)13-12-11(8-19-13)17-5-6-18-12/h1-4,7-8H,5-6H2. The fourth-order valence-electron chi connectivity index (χ4n) is 2.04. The molecule has 4 rings (SSSR count). The molecule has 3 aromatic heterocycles. The Hall–Kier alpha value is -1.92. The number of nitrogens with zero attached hydrogens (tertiary/aromatic N) is 2. The molecule has 0 aromatic carbocycles. The molecule has 4 heterocycles. The summed E-state index contributed by atoms with van der Waals surface area (Å²) in [7, 11) is 0. The first-order valence-electron chi connectivity index (χ1n) is 6.15. The minimum atomic E-state index is 0.595. The van der Waals surface area contributed by atoms with Gasteiger partial charge in [0, 0.05) is 28.7 Å². The van der Waals surface area contributed by atoms with E-state index in [1.807, 2.05) is 17.5 Å². The number of ether oxygens (including phenoxy) is 2. The molecule has 4 nitrogen and oxygen atoms in total. The summed E-state index contributed by atoms with van der Waals surface area (Å²) in [6.45, 7) is 1.21. The van der Waals surface area contributed by atoms with E-state index in [9.17, 15) is 0 Å². The van der Waals surface area contributed by atoms with Gasteiger partial charge in [-0.1, -0.05) is 0 Å². The van der Waals surface area contributed by atoms with Crippen molar-refractivity contribution in [3.8, 4) is 32.6 Å². The maximum atomic E-state index is 5.70. The van der Waals surface area contributed by atoms with E-state index in [1.165, 1.54) is 0 Å². The van der Waals surface area contributed by atoms with E-state index in [4.69, 9.17) is 14.5 Å². The van der Waals surface area contributed by atoms with Crippen LogP contribution in [-0.4, -0.2) is 23.2 Å². The predicted molar refractivity (Wildman–Crippen MR) is 79.6 cm³/mol. The molecule has 0 spiro atoms. The fraction of sp³-hybridized carbons (Fsp3) is 0.143. The van der Waals surface area contributed by atoms with Crippen LogP contribution in [-0.2, 0) is 0 Å². The molecule has 100 valence electrons. The number of thiazole rings is 1. The average molecular weight is 302 g/mol. The van der Waals surface area contributed by atoms with Gasteiger partial charge in [0.05, 0.1) is 10.6 Å². The topological polar surface area (TPSA) is 44.2 Å². The molecule has 20 heavy (non-hydrogen) atoms. The van der Waals surface area contributed by atoms with Crippen molar-refractivity contribution in [2.75, 3.05) is 13.2 Å². The Morgan fingerprint density at radius 1 is 1.00 bits per heavy atom. The second-order valence-corrected chi connectivity index (χ2v) is 5.97. The summed E-state index contributed by atoms with van der Waals surface area (Å²) in [5, 5.41) is 5.02. The molecule has 1 aliphatic heterocycles. The van der Waals surface area contributed by atoms with Crippen LogP contribution >= 0.6 is 22.7 Å². The molecular formula is C14H10N2O2S2. The summed E-state index contributed by atoms with van der Waals surface area (Å²) in [5.74, 6) is 1.66. The maximum absolute atomic E-state index is 5.70. The van der Waals surface area contributed by atoms with Gasteiger partial charge >= 0.3 is 0 Å². The van der Waals surface area contributed by atoms with Crippen molar-refractivity contribution in [3.63, 3.8) is 0 Å². The Morgan fingerprint density at radius 2 is 1.85 bits per heavy atom. The number of hydrogen-bond donors (Lipinski definition) is 0. The third kappa shape index (κ3) is 1.97. The summed E-state index contributed by atoms with van der Waals surface area (Å²) < 4.78 is 11.3. The van der Waals surface area contributed by atoms with Crippen LogP contribution < -0.4 is 9.47 Å². The van der Waals surface area contributed by atoms with E-state index >= 15 is 0 Å². The van der Waals surface area contributed by atoms with Crippen LogP contribution in [0.1, 0.15) is 0 Å². The lowest BCUT2D eigenvalue weighted by Gasteiger charge is -2.15. The number of thiophene rings is 1. The van der Waals surface area contributed by atoms with Crippen molar-refractivity contribution in [1.82, 2.24) is 9.97 Å². The monoisotopic (exact) mass is 302 g/mol. The normalized spacial score (nSPS) is 13.4. The lowest BCUT2D eigenvalue weighted by molar-refractivity contribution is 0.174. The van der Waals surface area contributed by atoms with Crippen LogP contribution in [0.25, 0.3) is 21.1 Å². The number of aromatic nitrogens is 2. The first kappa shape index (κ1) is 11.9. The van der Waals surface area contributed by atoms with Gasteiger partial charge < -0.3 is 9.47 Å². The molecule has 0 saturated heterocycles. The van der Waals surface area contributed by atoms with E-state index in [0.717, 1.165) is 32.6 Å². The molecule has 0 bridgehead atoms. The Labute approximate surface area is 123 Å². The SMILES string of the molecule is c1cc(-c2nc(-c3scc4c3OCCO4)cs2)ccn1. The lowest BCUT2D eigenvalue weighted by Crippen LogP contribution is -2.14. The Bertz CT molecular complexity index is 737. The van der Waals surface area contributed by atoms with Crippen molar-refractivity contribution >= 4 is 22.7 Å². The minimum absolute atomic E-state index is 0.595. The van der Waals surface area contributed by atoms with Crippen LogP contribution in [0.5, 0.6) is 11.5 Å². The molecule has 0 unspecified atom stereocenters. The van der Waals surface area contributed by atoms with Gasteiger partial charge in [-0.3, -0.25) is 4.98 Å². The number of fused-ring (bicyclic) bond motifs is 1. The zero-order valence-corrected chi connectivity index (χ0v) is 12.0. The summed E-state index contributed by atoms with van der Waals surface area (Å²) in [5.41, 5.74) is 2.03. The molecule has 6 heteroatoms. The van der Waals surface area contributed by atoms with E-state index in [0.29, 0.717) is 13.2 Å². The van der Waals surface area contributed by atoms with Crippen LogP contribution in [0.2, 0.25) is 0 Å². The molecule has 0 radical (unpaired) electrons. The minimum Gasteiger partial charge on any atom is -0.485 e. The second-order valence-electron chi connectivity index (χ2n) is 4.23. The van der Waals surface area contributed by atoms with Gasteiger partial charge in [0.25, 0.3) is 0 Å². The van der Waals surface area contributed by atoms with E-state index in [2.05, 4.69) is 10.4 Å². The number of pyridine rings is 1. The highest BCUT2D eigenvalue weighted by Gasteiger charge is 2.21. The van der Waals surface area contributed by atoms with Gasteiger partial charge in [-0.15, -0.1) is 22.7 Å². The molecule has 0 saturated carbocycles. The highest BCUT2D eigenvalue weighted by Crippen LogP contribution is 2.46.